The van der Waals surface area contributed by atoms with Gasteiger partial charge in [-0.2, -0.15) is 0 Å². The lowest BCUT2D eigenvalue weighted by Crippen LogP contribution is -2.14. The molecule has 0 fully saturated rings. The maximum atomic E-state index is 13.5. The van der Waals surface area contributed by atoms with Crippen molar-refractivity contribution in [2.75, 3.05) is 5.32 Å². The number of amides is 1. The lowest BCUT2D eigenvalue weighted by atomic mass is 10.2. The van der Waals surface area contributed by atoms with Crippen LogP contribution >= 0.6 is 23.2 Å². The molecule has 0 heterocycles. The average molecular weight is 302 g/mol. The first-order chi connectivity index (χ1) is 8.97. The highest BCUT2D eigenvalue weighted by molar-refractivity contribution is 6.34. The first-order valence-corrected chi connectivity index (χ1v) is 5.94. The highest BCUT2D eigenvalue weighted by atomic mass is 35.5. The van der Waals surface area contributed by atoms with Crippen LogP contribution in [-0.4, -0.2) is 5.91 Å². The van der Waals surface area contributed by atoms with Crippen molar-refractivity contribution in [3.63, 3.8) is 0 Å². The fraction of sp³-hybridized carbons (Fsp3) is 0. The van der Waals surface area contributed by atoms with Crippen molar-refractivity contribution in [1.82, 2.24) is 0 Å². The molecule has 6 heteroatoms. The minimum absolute atomic E-state index is 0.0612. The van der Waals surface area contributed by atoms with Crippen LogP contribution in [0.4, 0.5) is 14.5 Å². The molecule has 1 N–H and O–H groups in total. The minimum Gasteiger partial charge on any atom is -0.320 e. The lowest BCUT2D eigenvalue weighted by molar-refractivity contribution is 0.102. The van der Waals surface area contributed by atoms with Crippen molar-refractivity contribution >= 4 is 34.8 Å². The number of benzene rings is 2. The van der Waals surface area contributed by atoms with E-state index in [-0.39, 0.29) is 21.3 Å². The number of anilines is 1. The number of nitrogens with one attached hydrogen (secondary N) is 1. The maximum Gasteiger partial charge on any atom is 0.258 e. The molecule has 0 atom stereocenters. The van der Waals surface area contributed by atoms with Gasteiger partial charge in [-0.15, -0.1) is 0 Å². The van der Waals surface area contributed by atoms with Gasteiger partial charge in [-0.05, 0) is 36.4 Å². The number of hydrogen-bond donors (Lipinski definition) is 1. The molecule has 19 heavy (non-hydrogen) atoms. The van der Waals surface area contributed by atoms with E-state index in [0.29, 0.717) is 0 Å². The third-order valence-electron chi connectivity index (χ3n) is 2.35. The topological polar surface area (TPSA) is 29.1 Å². The largest absolute Gasteiger partial charge is 0.320 e. The number of halogens is 4. The van der Waals surface area contributed by atoms with Crippen LogP contribution in [0.3, 0.4) is 0 Å². The van der Waals surface area contributed by atoms with Crippen molar-refractivity contribution in [2.24, 2.45) is 0 Å². The van der Waals surface area contributed by atoms with Crippen molar-refractivity contribution in [2.45, 2.75) is 0 Å². The van der Waals surface area contributed by atoms with Crippen molar-refractivity contribution in [3.05, 3.63) is 63.6 Å². The quantitative estimate of drug-likeness (QED) is 0.868. The van der Waals surface area contributed by atoms with Crippen LogP contribution in [0.15, 0.2) is 36.4 Å². The van der Waals surface area contributed by atoms with Gasteiger partial charge in [-0.25, -0.2) is 8.78 Å². The summed E-state index contributed by atoms with van der Waals surface area (Å²) >= 11 is 11.5. The van der Waals surface area contributed by atoms with E-state index in [2.05, 4.69) is 5.32 Å². The molecule has 2 nitrogen and oxygen atoms in total. The molecule has 0 unspecified atom stereocenters. The molecule has 0 spiro atoms. The Morgan fingerprint density at radius 3 is 2.53 bits per heavy atom. The van der Waals surface area contributed by atoms with Crippen LogP contribution in [0.5, 0.6) is 0 Å². The van der Waals surface area contributed by atoms with Crippen LogP contribution in [0, 0.1) is 11.6 Å². The van der Waals surface area contributed by atoms with E-state index in [0.717, 1.165) is 18.2 Å². The van der Waals surface area contributed by atoms with Gasteiger partial charge in [0.25, 0.3) is 5.91 Å². The summed E-state index contributed by atoms with van der Waals surface area (Å²) in [4.78, 5) is 11.9. The second-order valence-corrected chi connectivity index (χ2v) is 4.55. The van der Waals surface area contributed by atoms with Gasteiger partial charge in [0.15, 0.2) is 0 Å². The van der Waals surface area contributed by atoms with Gasteiger partial charge in [0.05, 0.1) is 16.3 Å². The van der Waals surface area contributed by atoms with Crippen LogP contribution in [-0.2, 0) is 0 Å². The number of carbonyl (C=O) groups excluding carboxylic acids is 1. The van der Waals surface area contributed by atoms with Crippen LogP contribution in [0.2, 0.25) is 10.0 Å². The molecule has 2 aromatic rings. The molecule has 1 amide bonds. The Morgan fingerprint density at radius 1 is 1.05 bits per heavy atom. The van der Waals surface area contributed by atoms with Crippen LogP contribution in [0.25, 0.3) is 0 Å². The molecular formula is C13H7Cl2F2NO. The van der Waals surface area contributed by atoms with Gasteiger partial charge in [-0.3, -0.25) is 4.79 Å². The fourth-order valence-corrected chi connectivity index (χ4v) is 1.79. The second kappa shape index (κ2) is 5.55. The Labute approximate surface area is 118 Å². The summed E-state index contributed by atoms with van der Waals surface area (Å²) in [7, 11) is 0. The third-order valence-corrected chi connectivity index (χ3v) is 2.91. The summed E-state index contributed by atoms with van der Waals surface area (Å²) in [6, 6.07) is 7.06. The smallest absolute Gasteiger partial charge is 0.258 e. The predicted molar refractivity (Wildman–Crippen MR) is 70.8 cm³/mol. The SMILES string of the molecule is O=C(Nc1cc(F)ccc1Cl)c1cc(Cl)ccc1F. The molecule has 0 aliphatic heterocycles. The van der Waals surface area contributed by atoms with Gasteiger partial charge in [0.1, 0.15) is 11.6 Å². The van der Waals surface area contributed by atoms with E-state index in [1.165, 1.54) is 18.2 Å². The van der Waals surface area contributed by atoms with Crippen LogP contribution < -0.4 is 5.32 Å². The van der Waals surface area contributed by atoms with E-state index in [1.54, 1.807) is 0 Å². The maximum absolute atomic E-state index is 13.5. The summed E-state index contributed by atoms with van der Waals surface area (Å²) < 4.78 is 26.5. The standard InChI is InChI=1S/C13H7Cl2F2NO/c14-7-1-4-11(17)9(5-7)13(19)18-12-6-8(16)2-3-10(12)15/h1-6H,(H,18,19). The van der Waals surface area contributed by atoms with E-state index in [4.69, 9.17) is 23.2 Å². The monoisotopic (exact) mass is 301 g/mol. The molecular weight excluding hydrogens is 295 g/mol. The summed E-state index contributed by atoms with van der Waals surface area (Å²) in [5.41, 5.74) is -0.182. The Hall–Kier alpha value is -1.65. The molecule has 0 radical (unpaired) electrons. The van der Waals surface area contributed by atoms with E-state index in [1.807, 2.05) is 0 Å². The Balaban J connectivity index is 2.30. The molecule has 0 aliphatic rings. The summed E-state index contributed by atoms with van der Waals surface area (Å²) in [5.74, 6) is -2.05. The summed E-state index contributed by atoms with van der Waals surface area (Å²) in [5, 5.41) is 2.70. The van der Waals surface area contributed by atoms with Crippen molar-refractivity contribution in [1.29, 1.82) is 0 Å². The number of rotatable bonds is 2. The average Bonchev–Trinajstić information content (AvgIpc) is 2.36. The number of hydrogen-bond acceptors (Lipinski definition) is 1. The first-order valence-electron chi connectivity index (χ1n) is 5.19. The second-order valence-electron chi connectivity index (χ2n) is 3.70. The predicted octanol–water partition coefficient (Wildman–Crippen LogP) is 4.52. The third kappa shape index (κ3) is 3.22. The molecule has 0 saturated carbocycles. The van der Waals surface area contributed by atoms with Gasteiger partial charge in [-0.1, -0.05) is 23.2 Å². The first kappa shape index (κ1) is 13.8. The highest BCUT2D eigenvalue weighted by Crippen LogP contribution is 2.24. The van der Waals surface area contributed by atoms with Gasteiger partial charge < -0.3 is 5.32 Å². The fourth-order valence-electron chi connectivity index (χ4n) is 1.45. The van der Waals surface area contributed by atoms with Gasteiger partial charge >= 0.3 is 0 Å². The van der Waals surface area contributed by atoms with Gasteiger partial charge in [0.2, 0.25) is 0 Å². The molecule has 0 saturated heterocycles. The Bertz CT molecular complexity index is 647. The van der Waals surface area contributed by atoms with Gasteiger partial charge in [0, 0.05) is 5.02 Å². The normalized spacial score (nSPS) is 10.3. The summed E-state index contributed by atoms with van der Waals surface area (Å²) in [6.07, 6.45) is 0. The Kier molecular flexibility index (Phi) is 4.02. The van der Waals surface area contributed by atoms with Crippen LogP contribution in [0.1, 0.15) is 10.4 Å². The molecule has 98 valence electrons. The zero-order chi connectivity index (χ0) is 14.0. The highest BCUT2D eigenvalue weighted by Gasteiger charge is 2.14. The van der Waals surface area contributed by atoms with Crippen molar-refractivity contribution < 1.29 is 13.6 Å². The molecule has 2 rings (SSSR count). The zero-order valence-corrected chi connectivity index (χ0v) is 10.9. The zero-order valence-electron chi connectivity index (χ0n) is 9.38. The summed E-state index contributed by atoms with van der Waals surface area (Å²) in [6.45, 7) is 0. The number of carbonyl (C=O) groups is 1. The molecule has 0 aromatic heterocycles. The molecule has 2 aromatic carbocycles. The minimum atomic E-state index is -0.757. The van der Waals surface area contributed by atoms with E-state index >= 15 is 0 Å². The van der Waals surface area contributed by atoms with Crippen molar-refractivity contribution in [3.8, 4) is 0 Å². The molecule has 0 bridgehead atoms. The Morgan fingerprint density at radius 2 is 1.79 bits per heavy atom. The lowest BCUT2D eigenvalue weighted by Gasteiger charge is -2.08. The van der Waals surface area contributed by atoms with E-state index in [9.17, 15) is 13.6 Å². The van der Waals surface area contributed by atoms with E-state index < -0.39 is 17.5 Å². The molecule has 0 aliphatic carbocycles.